The molecule has 1 aliphatic heterocycles. The molecule has 4 rings (SSSR count). The first-order chi connectivity index (χ1) is 12.7. The molecule has 1 unspecified atom stereocenters. The number of amides is 1. The van der Waals surface area contributed by atoms with Gasteiger partial charge in [-0.2, -0.15) is 0 Å². The van der Waals surface area contributed by atoms with Crippen LogP contribution in [0.1, 0.15) is 24.2 Å². The van der Waals surface area contributed by atoms with E-state index >= 15 is 0 Å². The minimum atomic E-state index is 0.267. The van der Waals surface area contributed by atoms with Gasteiger partial charge in [0.15, 0.2) is 5.65 Å². The van der Waals surface area contributed by atoms with E-state index in [1.54, 1.807) is 6.20 Å². The Kier molecular flexibility index (Phi) is 4.69. The number of likely N-dealkylation sites (tertiary alicyclic amines) is 1. The minimum Gasteiger partial charge on any atom is -0.342 e. The first-order valence-electron chi connectivity index (χ1n) is 9.29. The predicted octanol–water partition coefficient (Wildman–Crippen LogP) is 2.99. The second kappa shape index (κ2) is 7.28. The first-order valence-corrected chi connectivity index (χ1v) is 9.29. The highest BCUT2D eigenvalue weighted by Crippen LogP contribution is 2.23. The van der Waals surface area contributed by atoms with Crippen LogP contribution in [-0.2, 0) is 24.7 Å². The molecule has 3 aromatic rings. The summed E-state index contributed by atoms with van der Waals surface area (Å²) in [4.78, 5) is 23.7. The number of rotatable bonds is 5. The molecule has 2 aromatic heterocycles. The molecule has 1 amide bonds. The fraction of sp³-hybridized carbons (Fsp3) is 0.381. The van der Waals surface area contributed by atoms with Crippen molar-refractivity contribution in [2.45, 2.75) is 25.7 Å². The Balaban J connectivity index is 1.34. The van der Waals surface area contributed by atoms with Crippen molar-refractivity contribution in [3.63, 3.8) is 0 Å². The first kappa shape index (κ1) is 16.8. The molecule has 1 atom stereocenters. The maximum Gasteiger partial charge on any atom is 0.222 e. The molecule has 0 N–H and O–H groups in total. The number of pyridine rings is 1. The van der Waals surface area contributed by atoms with E-state index in [1.807, 2.05) is 42.3 Å². The van der Waals surface area contributed by atoms with Crippen molar-refractivity contribution in [3.05, 3.63) is 60.0 Å². The second-order valence-corrected chi connectivity index (χ2v) is 7.12. The van der Waals surface area contributed by atoms with E-state index in [0.29, 0.717) is 12.3 Å². The zero-order chi connectivity index (χ0) is 17.9. The van der Waals surface area contributed by atoms with Crippen LogP contribution in [0.4, 0.5) is 0 Å². The number of nitrogens with zero attached hydrogens (tertiary/aromatic N) is 4. The normalized spacial score (nSPS) is 17.1. The number of aromatic nitrogens is 3. The van der Waals surface area contributed by atoms with Gasteiger partial charge in [0.2, 0.25) is 5.91 Å². The molecule has 3 heterocycles. The monoisotopic (exact) mass is 348 g/mol. The number of benzene rings is 1. The molecule has 1 saturated heterocycles. The van der Waals surface area contributed by atoms with Gasteiger partial charge in [-0.05, 0) is 36.5 Å². The van der Waals surface area contributed by atoms with E-state index in [0.717, 1.165) is 49.3 Å². The van der Waals surface area contributed by atoms with Crippen LogP contribution in [0.3, 0.4) is 0 Å². The summed E-state index contributed by atoms with van der Waals surface area (Å²) in [5.74, 6) is 1.80. The van der Waals surface area contributed by atoms with Crippen molar-refractivity contribution in [1.29, 1.82) is 0 Å². The number of hydrogen-bond donors (Lipinski definition) is 0. The highest BCUT2D eigenvalue weighted by Gasteiger charge is 2.27. The Morgan fingerprint density at radius 3 is 2.85 bits per heavy atom. The van der Waals surface area contributed by atoms with Gasteiger partial charge in [0.25, 0.3) is 0 Å². The van der Waals surface area contributed by atoms with Gasteiger partial charge in [-0.15, -0.1) is 0 Å². The van der Waals surface area contributed by atoms with Crippen LogP contribution < -0.4 is 0 Å². The van der Waals surface area contributed by atoms with Crippen molar-refractivity contribution in [2.24, 2.45) is 13.0 Å². The highest BCUT2D eigenvalue weighted by atomic mass is 16.2. The summed E-state index contributed by atoms with van der Waals surface area (Å²) in [6, 6.07) is 14.1. The fourth-order valence-corrected chi connectivity index (χ4v) is 3.79. The van der Waals surface area contributed by atoms with E-state index in [2.05, 4.69) is 21.7 Å². The lowest BCUT2D eigenvalue weighted by Gasteiger charge is -2.16. The number of aryl methyl sites for hydroxylation is 2. The molecule has 0 aliphatic carbocycles. The lowest BCUT2D eigenvalue weighted by Crippen LogP contribution is -2.29. The van der Waals surface area contributed by atoms with Crippen LogP contribution in [0.5, 0.6) is 0 Å². The van der Waals surface area contributed by atoms with Crippen molar-refractivity contribution in [1.82, 2.24) is 19.4 Å². The van der Waals surface area contributed by atoms with Crippen LogP contribution >= 0.6 is 0 Å². The predicted molar refractivity (Wildman–Crippen MR) is 102 cm³/mol. The van der Waals surface area contributed by atoms with Gasteiger partial charge in [-0.3, -0.25) is 4.79 Å². The van der Waals surface area contributed by atoms with E-state index < -0.39 is 0 Å². The molecule has 0 saturated carbocycles. The number of carbonyl (C=O) groups excluding carboxylic acids is 1. The SMILES string of the molecule is Cn1c(CC2CCN(C(=O)CCc3ccccc3)C2)nc2cccnc21. The molecule has 0 bridgehead atoms. The molecule has 1 fully saturated rings. The summed E-state index contributed by atoms with van der Waals surface area (Å²) in [6.07, 6.45) is 5.16. The van der Waals surface area contributed by atoms with Gasteiger partial charge in [-0.1, -0.05) is 30.3 Å². The van der Waals surface area contributed by atoms with Crippen LogP contribution in [-0.4, -0.2) is 38.4 Å². The van der Waals surface area contributed by atoms with Gasteiger partial charge >= 0.3 is 0 Å². The lowest BCUT2D eigenvalue weighted by atomic mass is 10.0. The van der Waals surface area contributed by atoms with E-state index in [1.165, 1.54) is 5.56 Å². The zero-order valence-electron chi connectivity index (χ0n) is 15.1. The van der Waals surface area contributed by atoms with Crippen molar-refractivity contribution >= 4 is 17.1 Å². The van der Waals surface area contributed by atoms with Crippen LogP contribution in [0.25, 0.3) is 11.2 Å². The van der Waals surface area contributed by atoms with Gasteiger partial charge in [0.05, 0.1) is 0 Å². The summed E-state index contributed by atoms with van der Waals surface area (Å²) >= 11 is 0. The average Bonchev–Trinajstić information content (AvgIpc) is 3.26. The maximum atomic E-state index is 12.5. The van der Waals surface area contributed by atoms with Gasteiger partial charge in [0.1, 0.15) is 11.3 Å². The van der Waals surface area contributed by atoms with E-state index in [9.17, 15) is 4.79 Å². The van der Waals surface area contributed by atoms with Crippen molar-refractivity contribution < 1.29 is 4.79 Å². The summed E-state index contributed by atoms with van der Waals surface area (Å²) in [5.41, 5.74) is 3.10. The molecule has 0 radical (unpaired) electrons. The Labute approximate surface area is 153 Å². The molecule has 1 aliphatic rings. The molecule has 1 aromatic carbocycles. The second-order valence-electron chi connectivity index (χ2n) is 7.12. The summed E-state index contributed by atoms with van der Waals surface area (Å²) in [5, 5.41) is 0. The zero-order valence-corrected chi connectivity index (χ0v) is 15.1. The Hall–Kier alpha value is -2.69. The number of hydrogen-bond acceptors (Lipinski definition) is 3. The highest BCUT2D eigenvalue weighted by molar-refractivity contribution is 5.76. The van der Waals surface area contributed by atoms with Gasteiger partial charge in [-0.25, -0.2) is 9.97 Å². The lowest BCUT2D eigenvalue weighted by molar-refractivity contribution is -0.130. The third-order valence-electron chi connectivity index (χ3n) is 5.30. The van der Waals surface area contributed by atoms with Crippen LogP contribution in [0, 0.1) is 5.92 Å². The Bertz CT molecular complexity index is 903. The van der Waals surface area contributed by atoms with E-state index in [-0.39, 0.29) is 5.91 Å². The summed E-state index contributed by atoms with van der Waals surface area (Å²) < 4.78 is 2.08. The molecule has 5 nitrogen and oxygen atoms in total. The molecule has 134 valence electrons. The number of fused-ring (bicyclic) bond motifs is 1. The van der Waals surface area contributed by atoms with Crippen molar-refractivity contribution in [2.75, 3.05) is 13.1 Å². The van der Waals surface area contributed by atoms with Crippen molar-refractivity contribution in [3.8, 4) is 0 Å². The Morgan fingerprint density at radius 2 is 2.04 bits per heavy atom. The molecule has 0 spiro atoms. The maximum absolute atomic E-state index is 12.5. The third kappa shape index (κ3) is 3.47. The minimum absolute atomic E-state index is 0.267. The molecule has 5 heteroatoms. The standard InChI is InChI=1S/C21H24N4O/c1-24-19(23-18-8-5-12-22-21(18)24)14-17-11-13-25(15-17)20(26)10-9-16-6-3-2-4-7-16/h2-8,12,17H,9-11,13-15H2,1H3. The van der Waals surface area contributed by atoms with Crippen LogP contribution in [0.2, 0.25) is 0 Å². The fourth-order valence-electron chi connectivity index (χ4n) is 3.79. The quantitative estimate of drug-likeness (QED) is 0.712. The van der Waals surface area contributed by atoms with E-state index in [4.69, 9.17) is 4.98 Å². The topological polar surface area (TPSA) is 51.0 Å². The number of carbonyl (C=O) groups is 1. The molecular formula is C21H24N4O. The Morgan fingerprint density at radius 1 is 1.19 bits per heavy atom. The number of imidazole rings is 1. The summed E-state index contributed by atoms with van der Waals surface area (Å²) in [6.45, 7) is 1.70. The smallest absolute Gasteiger partial charge is 0.222 e. The average molecular weight is 348 g/mol. The van der Waals surface area contributed by atoms with Gasteiger partial charge < -0.3 is 9.47 Å². The third-order valence-corrected chi connectivity index (χ3v) is 5.30. The van der Waals surface area contributed by atoms with Crippen LogP contribution in [0.15, 0.2) is 48.7 Å². The molecule has 26 heavy (non-hydrogen) atoms. The molecular weight excluding hydrogens is 324 g/mol. The van der Waals surface area contributed by atoms with Gasteiger partial charge in [0, 0.05) is 39.2 Å². The largest absolute Gasteiger partial charge is 0.342 e. The summed E-state index contributed by atoms with van der Waals surface area (Å²) in [7, 11) is 2.02.